The van der Waals surface area contributed by atoms with E-state index in [-0.39, 0.29) is 30.3 Å². The molecule has 0 aromatic carbocycles. The maximum atomic E-state index is 12.0. The molecule has 7 nitrogen and oxygen atoms in total. The van der Waals surface area contributed by atoms with Gasteiger partial charge >= 0.3 is 0 Å². The number of aliphatic hydroxyl groups is 1. The van der Waals surface area contributed by atoms with Crippen molar-refractivity contribution in [3.8, 4) is 0 Å². The van der Waals surface area contributed by atoms with E-state index in [1.165, 1.54) is 0 Å². The van der Waals surface area contributed by atoms with Gasteiger partial charge in [0.1, 0.15) is 0 Å². The molecular weight excluding hydrogens is 272 g/mol. The molecule has 2 heterocycles. The van der Waals surface area contributed by atoms with Crippen LogP contribution in [0.5, 0.6) is 0 Å². The normalized spacial score (nSPS) is 19.6. The number of carbonyl (C=O) groups is 1. The Labute approximate surface area is 124 Å². The van der Waals surface area contributed by atoms with Gasteiger partial charge in [0.15, 0.2) is 0 Å². The van der Waals surface area contributed by atoms with Crippen LogP contribution in [0.15, 0.2) is 4.52 Å². The van der Waals surface area contributed by atoms with Gasteiger partial charge in [-0.05, 0) is 38.1 Å². The van der Waals surface area contributed by atoms with Crippen molar-refractivity contribution in [1.82, 2.24) is 20.8 Å². The Bertz CT molecular complexity index is 437. The molecule has 2 atom stereocenters. The molecule has 0 spiro atoms. The average Bonchev–Trinajstić information content (AvgIpc) is 3.15. The first kappa shape index (κ1) is 15.9. The predicted molar refractivity (Wildman–Crippen MR) is 76.7 cm³/mol. The van der Waals surface area contributed by atoms with Crippen LogP contribution in [0.2, 0.25) is 0 Å². The van der Waals surface area contributed by atoms with Crippen molar-refractivity contribution in [1.29, 1.82) is 0 Å². The van der Waals surface area contributed by atoms with Crippen molar-refractivity contribution in [2.75, 3.05) is 19.7 Å². The SMILES string of the molecule is CCCC(CCO)CNC(=O)c1noc(C2CCCN2)n1. The zero-order chi connectivity index (χ0) is 15.1. The standard InChI is InChI=1S/C14H24N4O3/c1-2-4-10(6-8-19)9-16-13(20)12-17-14(21-18-12)11-5-3-7-15-11/h10-11,15,19H,2-9H2,1H3,(H,16,20). The molecule has 1 amide bonds. The third-order valence-electron chi connectivity index (χ3n) is 3.79. The Morgan fingerprint density at radius 3 is 3.10 bits per heavy atom. The highest BCUT2D eigenvalue weighted by Gasteiger charge is 2.24. The van der Waals surface area contributed by atoms with E-state index in [1.807, 2.05) is 0 Å². The molecule has 2 unspecified atom stereocenters. The molecule has 1 aromatic rings. The first-order valence-corrected chi connectivity index (χ1v) is 7.70. The first-order chi connectivity index (χ1) is 10.2. The molecule has 0 aliphatic carbocycles. The summed E-state index contributed by atoms with van der Waals surface area (Å²) >= 11 is 0. The van der Waals surface area contributed by atoms with Crippen molar-refractivity contribution in [3.05, 3.63) is 11.7 Å². The first-order valence-electron chi connectivity index (χ1n) is 7.70. The maximum Gasteiger partial charge on any atom is 0.292 e. The van der Waals surface area contributed by atoms with Crippen LogP contribution in [0.1, 0.15) is 61.6 Å². The van der Waals surface area contributed by atoms with Gasteiger partial charge in [-0.15, -0.1) is 0 Å². The monoisotopic (exact) mass is 296 g/mol. The number of aromatic nitrogens is 2. The molecule has 1 aliphatic heterocycles. The van der Waals surface area contributed by atoms with Gasteiger partial charge in [0.2, 0.25) is 5.89 Å². The number of amides is 1. The fourth-order valence-electron chi connectivity index (χ4n) is 2.62. The fraction of sp³-hybridized carbons (Fsp3) is 0.786. The van der Waals surface area contributed by atoms with E-state index in [0.29, 0.717) is 18.9 Å². The van der Waals surface area contributed by atoms with Gasteiger partial charge in [0.05, 0.1) is 6.04 Å². The number of hydrogen-bond acceptors (Lipinski definition) is 6. The van der Waals surface area contributed by atoms with Crippen molar-refractivity contribution in [3.63, 3.8) is 0 Å². The zero-order valence-electron chi connectivity index (χ0n) is 12.5. The van der Waals surface area contributed by atoms with Gasteiger partial charge in [-0.2, -0.15) is 4.98 Å². The summed E-state index contributed by atoms with van der Waals surface area (Å²) in [5.74, 6) is 0.532. The second-order valence-electron chi connectivity index (χ2n) is 5.48. The summed E-state index contributed by atoms with van der Waals surface area (Å²) in [6.45, 7) is 3.69. The third kappa shape index (κ3) is 4.50. The van der Waals surface area contributed by atoms with E-state index >= 15 is 0 Å². The third-order valence-corrected chi connectivity index (χ3v) is 3.79. The van der Waals surface area contributed by atoms with Crippen LogP contribution >= 0.6 is 0 Å². The topological polar surface area (TPSA) is 100 Å². The lowest BCUT2D eigenvalue weighted by molar-refractivity contribution is 0.0929. The minimum absolute atomic E-state index is 0.0706. The highest BCUT2D eigenvalue weighted by atomic mass is 16.5. The van der Waals surface area contributed by atoms with E-state index in [2.05, 4.69) is 27.7 Å². The van der Waals surface area contributed by atoms with Crippen LogP contribution in [0, 0.1) is 5.92 Å². The summed E-state index contributed by atoms with van der Waals surface area (Å²) < 4.78 is 5.15. The lowest BCUT2D eigenvalue weighted by Crippen LogP contribution is -2.30. The molecule has 1 fully saturated rings. The van der Waals surface area contributed by atoms with Crippen LogP contribution in [-0.4, -0.2) is 40.9 Å². The Balaban J connectivity index is 1.84. The molecule has 0 radical (unpaired) electrons. The quantitative estimate of drug-likeness (QED) is 0.662. The maximum absolute atomic E-state index is 12.0. The Kier molecular flexibility index (Phi) is 6.13. The van der Waals surface area contributed by atoms with E-state index in [1.54, 1.807) is 0 Å². The average molecular weight is 296 g/mol. The van der Waals surface area contributed by atoms with Gasteiger partial charge < -0.3 is 20.3 Å². The highest BCUT2D eigenvalue weighted by Crippen LogP contribution is 2.21. The van der Waals surface area contributed by atoms with Crippen LogP contribution in [-0.2, 0) is 0 Å². The van der Waals surface area contributed by atoms with Crippen molar-refractivity contribution in [2.24, 2.45) is 5.92 Å². The van der Waals surface area contributed by atoms with E-state index in [4.69, 9.17) is 9.63 Å². The number of aliphatic hydroxyl groups excluding tert-OH is 1. The van der Waals surface area contributed by atoms with E-state index in [0.717, 1.165) is 32.2 Å². The van der Waals surface area contributed by atoms with Crippen LogP contribution < -0.4 is 10.6 Å². The Hall–Kier alpha value is -1.47. The summed E-state index contributed by atoms with van der Waals surface area (Å²) in [6, 6.07) is 0.0706. The van der Waals surface area contributed by atoms with Gasteiger partial charge in [-0.1, -0.05) is 18.5 Å². The van der Waals surface area contributed by atoms with E-state index in [9.17, 15) is 4.79 Å². The van der Waals surface area contributed by atoms with Crippen LogP contribution in [0.25, 0.3) is 0 Å². The molecule has 0 bridgehead atoms. The minimum atomic E-state index is -0.318. The molecule has 1 aliphatic rings. The fourth-order valence-corrected chi connectivity index (χ4v) is 2.62. The molecule has 2 rings (SSSR count). The molecule has 1 saturated heterocycles. The Morgan fingerprint density at radius 1 is 1.57 bits per heavy atom. The summed E-state index contributed by atoms with van der Waals surface area (Å²) in [6.07, 6.45) is 4.73. The molecule has 1 aromatic heterocycles. The molecule has 21 heavy (non-hydrogen) atoms. The van der Waals surface area contributed by atoms with Gasteiger partial charge in [-0.25, -0.2) is 0 Å². The Morgan fingerprint density at radius 2 is 2.43 bits per heavy atom. The van der Waals surface area contributed by atoms with E-state index < -0.39 is 0 Å². The highest BCUT2D eigenvalue weighted by molar-refractivity contribution is 5.90. The smallest absolute Gasteiger partial charge is 0.292 e. The number of carbonyl (C=O) groups excluding carboxylic acids is 1. The zero-order valence-corrected chi connectivity index (χ0v) is 12.5. The number of nitrogens with zero attached hydrogens (tertiary/aromatic N) is 2. The largest absolute Gasteiger partial charge is 0.396 e. The lowest BCUT2D eigenvalue weighted by Gasteiger charge is -2.14. The second-order valence-corrected chi connectivity index (χ2v) is 5.48. The number of rotatable bonds is 8. The van der Waals surface area contributed by atoms with Crippen LogP contribution in [0.3, 0.4) is 0 Å². The number of nitrogens with one attached hydrogen (secondary N) is 2. The molecule has 3 N–H and O–H groups in total. The van der Waals surface area contributed by atoms with Gasteiger partial charge in [0.25, 0.3) is 11.7 Å². The minimum Gasteiger partial charge on any atom is -0.396 e. The predicted octanol–water partition coefficient (Wildman–Crippen LogP) is 1.02. The summed E-state index contributed by atoms with van der Waals surface area (Å²) in [7, 11) is 0. The molecule has 7 heteroatoms. The molecule has 118 valence electrons. The molecular formula is C14H24N4O3. The van der Waals surface area contributed by atoms with Gasteiger partial charge in [0, 0.05) is 13.2 Å². The summed E-state index contributed by atoms with van der Waals surface area (Å²) in [5, 5.41) is 18.8. The lowest BCUT2D eigenvalue weighted by atomic mass is 10.0. The molecule has 0 saturated carbocycles. The number of hydrogen-bond donors (Lipinski definition) is 3. The summed E-state index contributed by atoms with van der Waals surface area (Å²) in [5.41, 5.74) is 0. The second kappa shape index (κ2) is 8.09. The van der Waals surface area contributed by atoms with Crippen LogP contribution in [0.4, 0.5) is 0 Å². The summed E-state index contributed by atoms with van der Waals surface area (Å²) in [4.78, 5) is 16.2. The van der Waals surface area contributed by atoms with Crippen molar-refractivity contribution >= 4 is 5.91 Å². The van der Waals surface area contributed by atoms with Crippen molar-refractivity contribution in [2.45, 2.75) is 45.1 Å². The van der Waals surface area contributed by atoms with Gasteiger partial charge in [-0.3, -0.25) is 4.79 Å². The van der Waals surface area contributed by atoms with Crippen molar-refractivity contribution < 1.29 is 14.4 Å².